The van der Waals surface area contributed by atoms with Gasteiger partial charge in [0, 0.05) is 12.1 Å². The van der Waals surface area contributed by atoms with Gasteiger partial charge in [0.25, 0.3) is 5.91 Å². The fourth-order valence-electron chi connectivity index (χ4n) is 2.79. The molecule has 2 N–H and O–H groups in total. The Labute approximate surface area is 157 Å². The molecule has 0 radical (unpaired) electrons. The molecule has 2 heterocycles. The summed E-state index contributed by atoms with van der Waals surface area (Å²) in [5, 5.41) is 6.11. The van der Waals surface area contributed by atoms with Crippen molar-refractivity contribution < 1.29 is 14.3 Å². The third-order valence-electron chi connectivity index (χ3n) is 4.23. The summed E-state index contributed by atoms with van der Waals surface area (Å²) in [6.07, 6.45) is 2.64. The second-order valence-corrected chi connectivity index (χ2v) is 6.12. The molecule has 6 nitrogen and oxygen atoms in total. The number of hydrogen-bond acceptors (Lipinski definition) is 5. The first-order valence-electron chi connectivity index (χ1n) is 8.73. The number of nitrogens with zero attached hydrogens (tertiary/aromatic N) is 1. The standard InChI is InChI=1S/C21H19N3O3/c25-21(16-6-8-18-19(12-16)27-14-26-18)24-20-9-7-17(13-23-20)22-11-10-15-4-2-1-3-5-15/h1-9,12-13,22H,10-11,14H2,(H,23,24,25). The van der Waals surface area contributed by atoms with Crippen LogP contribution >= 0.6 is 0 Å². The van der Waals surface area contributed by atoms with Crippen LogP contribution in [0.3, 0.4) is 0 Å². The van der Waals surface area contributed by atoms with Crippen LogP contribution in [0.4, 0.5) is 11.5 Å². The van der Waals surface area contributed by atoms with E-state index in [-0.39, 0.29) is 12.7 Å². The molecule has 0 fully saturated rings. The number of anilines is 2. The molecule has 1 aliphatic heterocycles. The molecule has 0 spiro atoms. The van der Waals surface area contributed by atoms with Crippen molar-refractivity contribution in [3.63, 3.8) is 0 Å². The van der Waals surface area contributed by atoms with Gasteiger partial charge in [-0.1, -0.05) is 30.3 Å². The number of hydrogen-bond donors (Lipinski definition) is 2. The summed E-state index contributed by atoms with van der Waals surface area (Å²) < 4.78 is 10.6. The Balaban J connectivity index is 1.31. The SMILES string of the molecule is O=C(Nc1ccc(NCCc2ccccc2)cn1)c1ccc2c(c1)OCO2. The highest BCUT2D eigenvalue weighted by molar-refractivity contribution is 6.04. The minimum atomic E-state index is -0.245. The molecule has 0 saturated heterocycles. The summed E-state index contributed by atoms with van der Waals surface area (Å²) in [5.41, 5.74) is 2.68. The maximum atomic E-state index is 12.4. The molecule has 0 saturated carbocycles. The van der Waals surface area contributed by atoms with Gasteiger partial charge in [0.2, 0.25) is 6.79 Å². The van der Waals surface area contributed by atoms with Crippen molar-refractivity contribution in [2.75, 3.05) is 24.0 Å². The second kappa shape index (κ2) is 7.78. The highest BCUT2D eigenvalue weighted by atomic mass is 16.7. The van der Waals surface area contributed by atoms with Crippen molar-refractivity contribution in [3.8, 4) is 11.5 Å². The maximum absolute atomic E-state index is 12.4. The number of carbonyl (C=O) groups is 1. The third kappa shape index (κ3) is 4.17. The normalized spacial score (nSPS) is 11.9. The number of amides is 1. The Hall–Kier alpha value is -3.54. The highest BCUT2D eigenvalue weighted by Crippen LogP contribution is 2.32. The predicted octanol–water partition coefficient (Wildman–Crippen LogP) is 3.72. The van der Waals surface area contributed by atoms with Gasteiger partial charge in [-0.05, 0) is 42.3 Å². The van der Waals surface area contributed by atoms with Gasteiger partial charge in [-0.15, -0.1) is 0 Å². The van der Waals surface area contributed by atoms with E-state index in [1.807, 2.05) is 24.3 Å². The molecule has 0 atom stereocenters. The van der Waals surface area contributed by atoms with Crippen molar-refractivity contribution >= 4 is 17.4 Å². The number of nitrogens with one attached hydrogen (secondary N) is 2. The first-order chi connectivity index (χ1) is 13.3. The first-order valence-corrected chi connectivity index (χ1v) is 8.73. The zero-order valence-electron chi connectivity index (χ0n) is 14.6. The Kier molecular flexibility index (Phi) is 4.87. The quantitative estimate of drug-likeness (QED) is 0.700. The molecule has 1 aromatic heterocycles. The van der Waals surface area contributed by atoms with E-state index in [1.165, 1.54) is 5.56 Å². The van der Waals surface area contributed by atoms with E-state index in [4.69, 9.17) is 9.47 Å². The van der Waals surface area contributed by atoms with Crippen LogP contribution in [0.1, 0.15) is 15.9 Å². The molecule has 136 valence electrons. The van der Waals surface area contributed by atoms with Crippen LogP contribution in [0.15, 0.2) is 66.9 Å². The summed E-state index contributed by atoms with van der Waals surface area (Å²) in [6, 6.07) is 19.1. The third-order valence-corrected chi connectivity index (χ3v) is 4.23. The van der Waals surface area contributed by atoms with Gasteiger partial charge in [0.05, 0.1) is 11.9 Å². The molecular formula is C21H19N3O3. The molecule has 3 aromatic rings. The van der Waals surface area contributed by atoms with Gasteiger partial charge in [0.1, 0.15) is 5.82 Å². The number of benzene rings is 2. The smallest absolute Gasteiger partial charge is 0.256 e. The zero-order valence-corrected chi connectivity index (χ0v) is 14.6. The number of aromatic nitrogens is 1. The molecular weight excluding hydrogens is 342 g/mol. The van der Waals surface area contributed by atoms with E-state index in [1.54, 1.807) is 30.5 Å². The van der Waals surface area contributed by atoms with Crippen LogP contribution in [0.25, 0.3) is 0 Å². The summed E-state index contributed by atoms with van der Waals surface area (Å²) in [7, 11) is 0. The highest BCUT2D eigenvalue weighted by Gasteiger charge is 2.16. The van der Waals surface area contributed by atoms with Gasteiger partial charge in [-0.25, -0.2) is 4.98 Å². The summed E-state index contributed by atoms with van der Waals surface area (Å²) in [6.45, 7) is 0.995. The minimum absolute atomic E-state index is 0.181. The first kappa shape index (κ1) is 16.9. The topological polar surface area (TPSA) is 72.5 Å². The summed E-state index contributed by atoms with van der Waals surface area (Å²) in [4.78, 5) is 16.7. The number of fused-ring (bicyclic) bond motifs is 1. The van der Waals surface area contributed by atoms with E-state index >= 15 is 0 Å². The molecule has 0 unspecified atom stereocenters. The fraction of sp³-hybridized carbons (Fsp3) is 0.143. The van der Waals surface area contributed by atoms with Gasteiger partial charge in [-0.2, -0.15) is 0 Å². The van der Waals surface area contributed by atoms with Crippen molar-refractivity contribution in [1.29, 1.82) is 0 Å². The van der Waals surface area contributed by atoms with Crippen LogP contribution in [0.5, 0.6) is 11.5 Å². The molecule has 0 bridgehead atoms. The van der Waals surface area contributed by atoms with Crippen molar-refractivity contribution in [1.82, 2.24) is 4.98 Å². The molecule has 4 rings (SSSR count). The summed E-state index contributed by atoms with van der Waals surface area (Å²) >= 11 is 0. The Morgan fingerprint density at radius 3 is 2.67 bits per heavy atom. The molecule has 0 aliphatic carbocycles. The van der Waals surface area contributed by atoms with Crippen LogP contribution in [-0.2, 0) is 6.42 Å². The van der Waals surface area contributed by atoms with E-state index in [0.29, 0.717) is 22.9 Å². The number of carbonyl (C=O) groups excluding carboxylic acids is 1. The fourth-order valence-corrected chi connectivity index (χ4v) is 2.79. The van der Waals surface area contributed by atoms with Gasteiger partial charge < -0.3 is 20.1 Å². The van der Waals surface area contributed by atoms with Gasteiger partial charge in [-0.3, -0.25) is 4.79 Å². The monoisotopic (exact) mass is 361 g/mol. The molecule has 1 amide bonds. The van der Waals surface area contributed by atoms with Crippen molar-refractivity contribution in [2.45, 2.75) is 6.42 Å². The number of ether oxygens (including phenoxy) is 2. The Morgan fingerprint density at radius 1 is 1.00 bits per heavy atom. The molecule has 27 heavy (non-hydrogen) atoms. The van der Waals surface area contributed by atoms with Crippen molar-refractivity contribution in [3.05, 3.63) is 78.0 Å². The van der Waals surface area contributed by atoms with Crippen LogP contribution in [0, 0.1) is 0 Å². The number of pyridine rings is 1. The Bertz CT molecular complexity index is 927. The van der Waals surface area contributed by atoms with Gasteiger partial charge in [0.15, 0.2) is 11.5 Å². The zero-order chi connectivity index (χ0) is 18.5. The Morgan fingerprint density at radius 2 is 1.85 bits per heavy atom. The average molecular weight is 361 g/mol. The lowest BCUT2D eigenvalue weighted by Crippen LogP contribution is -2.13. The van der Waals surface area contributed by atoms with Gasteiger partial charge >= 0.3 is 0 Å². The van der Waals surface area contributed by atoms with E-state index in [2.05, 4.69) is 27.8 Å². The minimum Gasteiger partial charge on any atom is -0.454 e. The lowest BCUT2D eigenvalue weighted by atomic mass is 10.1. The van der Waals surface area contributed by atoms with E-state index in [0.717, 1.165) is 18.7 Å². The molecule has 2 aromatic carbocycles. The predicted molar refractivity (Wildman–Crippen MR) is 103 cm³/mol. The lowest BCUT2D eigenvalue weighted by molar-refractivity contribution is 0.102. The van der Waals surface area contributed by atoms with Crippen LogP contribution in [0.2, 0.25) is 0 Å². The second-order valence-electron chi connectivity index (χ2n) is 6.12. The van der Waals surface area contributed by atoms with Crippen LogP contribution in [-0.4, -0.2) is 24.2 Å². The lowest BCUT2D eigenvalue weighted by Gasteiger charge is -2.08. The average Bonchev–Trinajstić information content (AvgIpc) is 3.18. The van der Waals surface area contributed by atoms with Crippen molar-refractivity contribution in [2.24, 2.45) is 0 Å². The molecule has 1 aliphatic rings. The number of rotatable bonds is 6. The maximum Gasteiger partial charge on any atom is 0.256 e. The largest absolute Gasteiger partial charge is 0.454 e. The molecule has 6 heteroatoms. The summed E-state index contributed by atoms with van der Waals surface area (Å²) in [5.74, 6) is 1.47. The van der Waals surface area contributed by atoms with E-state index in [9.17, 15) is 4.79 Å². The van der Waals surface area contributed by atoms with E-state index < -0.39 is 0 Å². The van der Waals surface area contributed by atoms with Crippen LogP contribution < -0.4 is 20.1 Å².